The van der Waals surface area contributed by atoms with Crippen LogP contribution in [0, 0.1) is 0 Å². The molecule has 0 aliphatic carbocycles. The van der Waals surface area contributed by atoms with Crippen molar-refractivity contribution >= 4 is 13.0 Å². The Labute approximate surface area is 82.1 Å². The van der Waals surface area contributed by atoms with Crippen molar-refractivity contribution in [3.05, 3.63) is 24.3 Å². The van der Waals surface area contributed by atoms with E-state index in [0.717, 1.165) is 5.69 Å². The second-order valence-corrected chi connectivity index (χ2v) is 2.62. The summed E-state index contributed by atoms with van der Waals surface area (Å²) in [4.78, 5) is 0. The van der Waals surface area contributed by atoms with Crippen molar-refractivity contribution in [3.63, 3.8) is 0 Å². The van der Waals surface area contributed by atoms with Gasteiger partial charge < -0.3 is 25.1 Å². The number of hydrogen-bond donors (Lipinski definition) is 4. The van der Waals surface area contributed by atoms with Crippen LogP contribution in [0.1, 0.15) is 0 Å². The van der Waals surface area contributed by atoms with Crippen LogP contribution < -0.4 is 9.97 Å². The molecule has 0 heterocycles. The van der Waals surface area contributed by atoms with E-state index in [1.54, 1.807) is 24.3 Å². The van der Waals surface area contributed by atoms with Gasteiger partial charge in [0.25, 0.3) is 0 Å². The maximum atomic E-state index is 8.55. The standard InChI is InChI=1S/C8H12BNO4/c11-6-5-10-7-1-3-8(4-2-7)14-9(12)13/h1-4,10-13H,5-6H2. The van der Waals surface area contributed by atoms with Gasteiger partial charge in [-0.15, -0.1) is 0 Å². The molecule has 76 valence electrons. The third-order valence-corrected chi connectivity index (χ3v) is 1.54. The Morgan fingerprint density at radius 2 is 1.86 bits per heavy atom. The molecule has 0 aliphatic rings. The molecule has 0 fully saturated rings. The summed E-state index contributed by atoms with van der Waals surface area (Å²) in [5.74, 6) is 0.370. The van der Waals surface area contributed by atoms with Gasteiger partial charge >= 0.3 is 7.32 Å². The van der Waals surface area contributed by atoms with Gasteiger partial charge in [0.2, 0.25) is 0 Å². The molecule has 0 saturated carbocycles. The van der Waals surface area contributed by atoms with Crippen molar-refractivity contribution in [2.75, 3.05) is 18.5 Å². The maximum absolute atomic E-state index is 8.55. The molecule has 0 aliphatic heterocycles. The van der Waals surface area contributed by atoms with Crippen LogP contribution in [0.2, 0.25) is 0 Å². The Morgan fingerprint density at radius 3 is 2.36 bits per heavy atom. The van der Waals surface area contributed by atoms with Gasteiger partial charge in [-0.1, -0.05) is 0 Å². The van der Waals surface area contributed by atoms with Gasteiger partial charge in [-0.2, -0.15) is 0 Å². The predicted octanol–water partition coefficient (Wildman–Crippen LogP) is -0.561. The molecule has 14 heavy (non-hydrogen) atoms. The second-order valence-electron chi connectivity index (χ2n) is 2.62. The molecular weight excluding hydrogens is 185 g/mol. The Morgan fingerprint density at radius 1 is 1.21 bits per heavy atom. The van der Waals surface area contributed by atoms with Gasteiger partial charge in [-0.25, -0.2) is 0 Å². The van der Waals surface area contributed by atoms with Crippen molar-refractivity contribution in [2.45, 2.75) is 0 Å². The number of aliphatic hydroxyl groups excluding tert-OH is 1. The first-order chi connectivity index (χ1) is 6.72. The first kappa shape index (κ1) is 10.8. The molecule has 5 nitrogen and oxygen atoms in total. The lowest BCUT2D eigenvalue weighted by Crippen LogP contribution is -2.20. The fourth-order valence-electron chi connectivity index (χ4n) is 0.973. The minimum absolute atomic E-state index is 0.0631. The topological polar surface area (TPSA) is 82.0 Å². The molecule has 0 radical (unpaired) electrons. The van der Waals surface area contributed by atoms with Crippen LogP contribution in [-0.4, -0.2) is 35.6 Å². The van der Waals surface area contributed by atoms with E-state index in [4.69, 9.17) is 15.2 Å². The minimum atomic E-state index is -1.80. The quantitative estimate of drug-likeness (QED) is 0.475. The highest BCUT2D eigenvalue weighted by Crippen LogP contribution is 2.15. The molecule has 0 unspecified atom stereocenters. The van der Waals surface area contributed by atoms with Crippen LogP contribution in [0.25, 0.3) is 0 Å². The highest BCUT2D eigenvalue weighted by molar-refractivity contribution is 6.33. The molecule has 1 aromatic carbocycles. The molecule has 0 atom stereocenters. The second kappa shape index (κ2) is 5.49. The first-order valence-corrected chi connectivity index (χ1v) is 4.20. The summed E-state index contributed by atoms with van der Waals surface area (Å²) in [5, 5.41) is 28.5. The zero-order chi connectivity index (χ0) is 10.4. The van der Waals surface area contributed by atoms with E-state index in [1.807, 2.05) is 0 Å². The summed E-state index contributed by atoms with van der Waals surface area (Å²) in [6.45, 7) is 0.538. The highest BCUT2D eigenvalue weighted by atomic mass is 16.6. The monoisotopic (exact) mass is 197 g/mol. The van der Waals surface area contributed by atoms with Gasteiger partial charge in [0.15, 0.2) is 0 Å². The summed E-state index contributed by atoms with van der Waals surface area (Å²) in [5.41, 5.74) is 0.832. The van der Waals surface area contributed by atoms with E-state index < -0.39 is 7.32 Å². The van der Waals surface area contributed by atoms with Gasteiger partial charge in [0.05, 0.1) is 6.61 Å². The number of anilines is 1. The van der Waals surface area contributed by atoms with Gasteiger partial charge in [-0.3, -0.25) is 0 Å². The molecule has 0 bridgehead atoms. The SMILES string of the molecule is OCCNc1ccc(OB(O)O)cc1. The van der Waals surface area contributed by atoms with E-state index in [9.17, 15) is 0 Å². The molecule has 4 N–H and O–H groups in total. The number of rotatable bonds is 5. The largest absolute Gasteiger partial charge is 0.707 e. The zero-order valence-corrected chi connectivity index (χ0v) is 7.55. The van der Waals surface area contributed by atoms with Crippen LogP contribution in [0.4, 0.5) is 5.69 Å². The molecule has 0 spiro atoms. The average molecular weight is 197 g/mol. The van der Waals surface area contributed by atoms with Crippen molar-refractivity contribution in [2.24, 2.45) is 0 Å². The van der Waals surface area contributed by atoms with Crippen LogP contribution in [0.5, 0.6) is 5.75 Å². The summed E-state index contributed by atoms with van der Waals surface area (Å²) >= 11 is 0. The van der Waals surface area contributed by atoms with Crippen molar-refractivity contribution in [3.8, 4) is 5.75 Å². The van der Waals surface area contributed by atoms with Gasteiger partial charge in [-0.05, 0) is 24.3 Å². The summed E-state index contributed by atoms with van der Waals surface area (Å²) < 4.78 is 4.61. The number of benzene rings is 1. The molecule has 0 aromatic heterocycles. The summed E-state index contributed by atoms with van der Waals surface area (Å²) in [6, 6.07) is 6.62. The third-order valence-electron chi connectivity index (χ3n) is 1.54. The molecule has 1 aromatic rings. The van der Waals surface area contributed by atoms with Crippen LogP contribution in [0.3, 0.4) is 0 Å². The number of nitrogens with one attached hydrogen (secondary N) is 1. The summed E-state index contributed by atoms with van der Waals surface area (Å²) in [6.07, 6.45) is 0. The normalized spacial score (nSPS) is 9.64. The number of hydrogen-bond acceptors (Lipinski definition) is 5. The molecule has 6 heteroatoms. The highest BCUT2D eigenvalue weighted by Gasteiger charge is 2.10. The van der Waals surface area contributed by atoms with E-state index >= 15 is 0 Å². The van der Waals surface area contributed by atoms with Gasteiger partial charge in [0.1, 0.15) is 5.75 Å². The molecule has 1 rings (SSSR count). The Hall–Kier alpha value is -1.24. The third kappa shape index (κ3) is 3.65. The van der Waals surface area contributed by atoms with Crippen molar-refractivity contribution in [1.29, 1.82) is 0 Å². The van der Waals surface area contributed by atoms with Crippen LogP contribution >= 0.6 is 0 Å². The Balaban J connectivity index is 2.50. The lowest BCUT2D eigenvalue weighted by molar-refractivity contribution is 0.288. The molecular formula is C8H12BNO4. The summed E-state index contributed by atoms with van der Waals surface area (Å²) in [7, 11) is -1.80. The minimum Gasteiger partial charge on any atom is -0.512 e. The van der Waals surface area contributed by atoms with E-state index in [0.29, 0.717) is 12.3 Å². The van der Waals surface area contributed by atoms with Crippen LogP contribution in [-0.2, 0) is 0 Å². The lowest BCUT2D eigenvalue weighted by atomic mass is 10.2. The van der Waals surface area contributed by atoms with E-state index in [-0.39, 0.29) is 6.61 Å². The number of aliphatic hydroxyl groups is 1. The maximum Gasteiger partial charge on any atom is 0.707 e. The van der Waals surface area contributed by atoms with Crippen molar-refractivity contribution in [1.82, 2.24) is 0 Å². The zero-order valence-electron chi connectivity index (χ0n) is 7.55. The smallest absolute Gasteiger partial charge is 0.512 e. The van der Waals surface area contributed by atoms with E-state index in [1.165, 1.54) is 0 Å². The Kier molecular flexibility index (Phi) is 4.25. The predicted molar refractivity (Wildman–Crippen MR) is 52.8 cm³/mol. The fraction of sp³-hybridized carbons (Fsp3) is 0.250. The first-order valence-electron chi connectivity index (χ1n) is 4.20. The Bertz CT molecular complexity index is 265. The van der Waals surface area contributed by atoms with Gasteiger partial charge in [0, 0.05) is 12.2 Å². The fourth-order valence-corrected chi connectivity index (χ4v) is 0.973. The lowest BCUT2D eigenvalue weighted by Gasteiger charge is -2.07. The molecule has 0 amide bonds. The van der Waals surface area contributed by atoms with E-state index in [2.05, 4.69) is 9.97 Å². The molecule has 0 saturated heterocycles. The average Bonchev–Trinajstić information content (AvgIpc) is 2.16. The van der Waals surface area contributed by atoms with Crippen molar-refractivity contribution < 1.29 is 19.8 Å². The van der Waals surface area contributed by atoms with Crippen LogP contribution in [0.15, 0.2) is 24.3 Å².